The van der Waals surface area contributed by atoms with Crippen molar-refractivity contribution in [3.8, 4) is 0 Å². The van der Waals surface area contributed by atoms with Crippen molar-refractivity contribution in [2.45, 2.75) is 39.8 Å². The second-order valence-corrected chi connectivity index (χ2v) is 6.65. The number of ether oxygens (including phenoxy) is 1. The van der Waals surface area contributed by atoms with Crippen LogP contribution in [0.3, 0.4) is 0 Å². The summed E-state index contributed by atoms with van der Waals surface area (Å²) in [6, 6.07) is 1.42. The number of nitrogens with zero attached hydrogens (tertiary/aromatic N) is 3. The van der Waals surface area contributed by atoms with Crippen molar-refractivity contribution in [1.29, 1.82) is 0 Å². The van der Waals surface area contributed by atoms with Gasteiger partial charge in [-0.25, -0.2) is 23.2 Å². The summed E-state index contributed by atoms with van der Waals surface area (Å²) in [5.41, 5.74) is -5.24. The number of alkyl halides is 5. The van der Waals surface area contributed by atoms with Gasteiger partial charge in [0.05, 0.1) is 18.2 Å². The Hall–Kier alpha value is -2.85. The summed E-state index contributed by atoms with van der Waals surface area (Å²) in [7, 11) is 0.849. The Morgan fingerprint density at radius 1 is 1.21 bits per heavy atom. The summed E-state index contributed by atoms with van der Waals surface area (Å²) in [6.07, 6.45) is -7.75. The molecule has 0 amide bonds. The normalized spacial score (nSPS) is 12.0. The van der Waals surface area contributed by atoms with Crippen LogP contribution in [0.5, 0.6) is 0 Å². The minimum absolute atomic E-state index is 0.267. The molecule has 0 aliphatic heterocycles. The van der Waals surface area contributed by atoms with Crippen LogP contribution in [-0.4, -0.2) is 33.8 Å². The molecule has 0 aromatic carbocycles. The predicted molar refractivity (Wildman–Crippen MR) is 90.8 cm³/mol. The van der Waals surface area contributed by atoms with Gasteiger partial charge in [0.15, 0.2) is 5.69 Å². The van der Waals surface area contributed by atoms with Crippen molar-refractivity contribution in [3.63, 3.8) is 0 Å². The van der Waals surface area contributed by atoms with Crippen LogP contribution < -0.4 is 0 Å². The van der Waals surface area contributed by atoms with Crippen LogP contribution in [0, 0.1) is 12.8 Å². The lowest BCUT2D eigenvalue weighted by molar-refractivity contribution is -0.142. The highest BCUT2D eigenvalue weighted by Crippen LogP contribution is 2.38. The number of carbonyl (C=O) groups is 2. The molecule has 2 aromatic rings. The standard InChI is InChI=1S/C18H18F5N3O3/c1-8(2)7-10-11(16(27)26-9(3)5-6-24-26)13(15(19)20)25-14(18(21,22)23)12(10)17(28)29-4/h5-6,8,15H,7H2,1-4H3. The maximum absolute atomic E-state index is 13.7. The van der Waals surface area contributed by atoms with Crippen molar-refractivity contribution in [3.05, 3.63) is 46.0 Å². The topological polar surface area (TPSA) is 74.1 Å². The number of pyridine rings is 1. The molecule has 2 heterocycles. The minimum Gasteiger partial charge on any atom is -0.465 e. The van der Waals surface area contributed by atoms with Crippen LogP contribution in [0.2, 0.25) is 0 Å². The molecule has 11 heteroatoms. The zero-order chi connectivity index (χ0) is 22.1. The second kappa shape index (κ2) is 8.26. The Kier molecular flexibility index (Phi) is 6.39. The molecule has 0 aliphatic rings. The zero-order valence-corrected chi connectivity index (χ0v) is 16.0. The van der Waals surface area contributed by atoms with Gasteiger partial charge in [-0.3, -0.25) is 4.79 Å². The highest BCUT2D eigenvalue weighted by Gasteiger charge is 2.43. The lowest BCUT2D eigenvalue weighted by Gasteiger charge is -2.21. The summed E-state index contributed by atoms with van der Waals surface area (Å²) in [5, 5.41) is 3.73. The van der Waals surface area contributed by atoms with Gasteiger partial charge in [0.1, 0.15) is 5.69 Å². The van der Waals surface area contributed by atoms with E-state index in [2.05, 4.69) is 14.8 Å². The fourth-order valence-electron chi connectivity index (χ4n) is 2.88. The third-order valence-electron chi connectivity index (χ3n) is 4.04. The molecule has 0 N–H and O–H groups in total. The summed E-state index contributed by atoms with van der Waals surface area (Å²) in [4.78, 5) is 28.2. The number of methoxy groups -OCH3 is 1. The third kappa shape index (κ3) is 4.43. The van der Waals surface area contributed by atoms with E-state index in [1.807, 2.05) is 0 Å². The van der Waals surface area contributed by atoms with E-state index in [4.69, 9.17) is 0 Å². The smallest absolute Gasteiger partial charge is 0.434 e. The molecule has 0 aliphatic carbocycles. The number of esters is 1. The summed E-state index contributed by atoms with van der Waals surface area (Å²) in [5.74, 6) is -2.91. The summed E-state index contributed by atoms with van der Waals surface area (Å²) < 4.78 is 73.3. The number of carbonyl (C=O) groups excluding carboxylic acids is 2. The van der Waals surface area contributed by atoms with Gasteiger partial charge in [-0.05, 0) is 30.9 Å². The first-order valence-electron chi connectivity index (χ1n) is 8.45. The Morgan fingerprint density at radius 3 is 2.24 bits per heavy atom. The molecule has 2 rings (SSSR count). The fourth-order valence-corrected chi connectivity index (χ4v) is 2.88. The van der Waals surface area contributed by atoms with E-state index < -0.39 is 52.6 Å². The van der Waals surface area contributed by atoms with E-state index >= 15 is 0 Å². The quantitative estimate of drug-likeness (QED) is 0.536. The lowest BCUT2D eigenvalue weighted by atomic mass is 9.90. The maximum Gasteiger partial charge on any atom is 0.434 e. The van der Waals surface area contributed by atoms with Crippen LogP contribution in [0.1, 0.15) is 63.6 Å². The van der Waals surface area contributed by atoms with E-state index in [1.165, 1.54) is 19.2 Å². The minimum atomic E-state index is -5.22. The van der Waals surface area contributed by atoms with E-state index in [1.54, 1.807) is 13.8 Å². The molecule has 0 spiro atoms. The van der Waals surface area contributed by atoms with Crippen molar-refractivity contribution in [1.82, 2.24) is 14.8 Å². The van der Waals surface area contributed by atoms with Crippen LogP contribution in [0.15, 0.2) is 12.3 Å². The largest absolute Gasteiger partial charge is 0.465 e. The van der Waals surface area contributed by atoms with Crippen LogP contribution >= 0.6 is 0 Å². The number of rotatable bonds is 5. The number of halogens is 5. The van der Waals surface area contributed by atoms with Gasteiger partial charge < -0.3 is 4.74 Å². The average molecular weight is 419 g/mol. The Morgan fingerprint density at radius 2 is 1.83 bits per heavy atom. The maximum atomic E-state index is 13.7. The molecular weight excluding hydrogens is 401 g/mol. The predicted octanol–water partition coefficient (Wildman–Crippen LogP) is 4.22. The first-order chi connectivity index (χ1) is 13.4. The molecule has 0 fully saturated rings. The molecule has 0 unspecified atom stereocenters. The first-order valence-corrected chi connectivity index (χ1v) is 8.45. The zero-order valence-electron chi connectivity index (χ0n) is 16.0. The molecule has 6 nitrogen and oxygen atoms in total. The molecule has 29 heavy (non-hydrogen) atoms. The Bertz CT molecular complexity index is 936. The number of hydrogen-bond acceptors (Lipinski definition) is 5. The van der Waals surface area contributed by atoms with Gasteiger partial charge in [-0.15, -0.1) is 0 Å². The van der Waals surface area contributed by atoms with Gasteiger partial charge in [-0.1, -0.05) is 13.8 Å². The lowest BCUT2D eigenvalue weighted by Crippen LogP contribution is -2.27. The average Bonchev–Trinajstić information content (AvgIpc) is 3.04. The monoisotopic (exact) mass is 419 g/mol. The second-order valence-electron chi connectivity index (χ2n) is 6.65. The van der Waals surface area contributed by atoms with Crippen LogP contribution in [0.4, 0.5) is 22.0 Å². The molecule has 0 saturated heterocycles. The highest BCUT2D eigenvalue weighted by molar-refractivity contribution is 6.02. The van der Waals surface area contributed by atoms with Crippen molar-refractivity contribution >= 4 is 11.9 Å². The first kappa shape index (κ1) is 22.4. The van der Waals surface area contributed by atoms with Crippen LogP contribution in [-0.2, 0) is 17.3 Å². The molecule has 158 valence electrons. The Balaban J connectivity index is 3.01. The van der Waals surface area contributed by atoms with E-state index in [9.17, 15) is 31.5 Å². The molecule has 2 aromatic heterocycles. The van der Waals surface area contributed by atoms with Gasteiger partial charge in [0.25, 0.3) is 12.3 Å². The molecule has 0 atom stereocenters. The van der Waals surface area contributed by atoms with Crippen molar-refractivity contribution < 1.29 is 36.3 Å². The van der Waals surface area contributed by atoms with Crippen LogP contribution in [0.25, 0.3) is 0 Å². The van der Waals surface area contributed by atoms with E-state index in [0.29, 0.717) is 0 Å². The SMILES string of the molecule is COC(=O)c1c(C(F)(F)F)nc(C(F)F)c(C(=O)n2nccc2C)c1CC(C)C. The highest BCUT2D eigenvalue weighted by atomic mass is 19.4. The van der Waals surface area contributed by atoms with Gasteiger partial charge in [0.2, 0.25) is 0 Å². The third-order valence-corrected chi connectivity index (χ3v) is 4.04. The van der Waals surface area contributed by atoms with Crippen molar-refractivity contribution in [2.24, 2.45) is 5.92 Å². The summed E-state index contributed by atoms with van der Waals surface area (Å²) in [6.45, 7) is 4.67. The Labute approximate surface area is 162 Å². The van der Waals surface area contributed by atoms with Gasteiger partial charge in [0, 0.05) is 11.9 Å². The molecule has 0 saturated carbocycles. The van der Waals surface area contributed by atoms with Crippen molar-refractivity contribution in [2.75, 3.05) is 7.11 Å². The fraction of sp³-hybridized carbons (Fsp3) is 0.444. The molecule has 0 radical (unpaired) electrons. The number of aryl methyl sites for hydroxylation is 1. The van der Waals surface area contributed by atoms with Gasteiger partial charge >= 0.3 is 12.1 Å². The molecule has 0 bridgehead atoms. The molecular formula is C18H18F5N3O3. The van der Waals surface area contributed by atoms with Gasteiger partial charge in [-0.2, -0.15) is 18.3 Å². The number of hydrogen-bond donors (Lipinski definition) is 0. The van der Waals surface area contributed by atoms with E-state index in [0.717, 1.165) is 11.8 Å². The summed E-state index contributed by atoms with van der Waals surface area (Å²) >= 11 is 0. The van der Waals surface area contributed by atoms with E-state index in [-0.39, 0.29) is 18.0 Å². The number of aromatic nitrogens is 3.